The van der Waals surface area contributed by atoms with Gasteiger partial charge in [0.25, 0.3) is 5.91 Å². The second-order valence-electron chi connectivity index (χ2n) is 4.87. The number of rotatable bonds is 2. The van der Waals surface area contributed by atoms with Gasteiger partial charge in [-0.05, 0) is 30.7 Å². The van der Waals surface area contributed by atoms with Crippen LogP contribution >= 0.6 is 28.3 Å². The Bertz CT molecular complexity index is 671. The molecule has 2 aromatic rings. The van der Waals surface area contributed by atoms with Crippen LogP contribution in [-0.4, -0.2) is 22.6 Å². The Morgan fingerprint density at radius 1 is 1.43 bits per heavy atom. The number of amides is 1. The molecule has 0 radical (unpaired) electrons. The van der Waals surface area contributed by atoms with Gasteiger partial charge >= 0.3 is 0 Å². The largest absolute Gasteiger partial charge is 0.320 e. The highest BCUT2D eigenvalue weighted by molar-refractivity contribution is 9.10. The molecule has 1 aliphatic heterocycles. The smallest absolute Gasteiger partial charge is 0.276 e. The van der Waals surface area contributed by atoms with Gasteiger partial charge in [-0.3, -0.25) is 9.89 Å². The summed E-state index contributed by atoms with van der Waals surface area (Å²) in [6.07, 6.45) is 0.882. The summed E-state index contributed by atoms with van der Waals surface area (Å²) in [7, 11) is 0. The van der Waals surface area contributed by atoms with E-state index >= 15 is 0 Å². The van der Waals surface area contributed by atoms with Crippen molar-refractivity contribution in [3.63, 3.8) is 0 Å². The van der Waals surface area contributed by atoms with Crippen LogP contribution in [0.2, 0.25) is 0 Å². The molecule has 112 valence electrons. The number of fused-ring (bicyclic) bond motifs is 1. The van der Waals surface area contributed by atoms with Crippen LogP contribution in [0, 0.1) is 6.92 Å². The third-order valence-electron chi connectivity index (χ3n) is 3.46. The molecule has 0 fully saturated rings. The van der Waals surface area contributed by atoms with Gasteiger partial charge in [0.05, 0.1) is 0 Å². The molecule has 21 heavy (non-hydrogen) atoms. The maximum atomic E-state index is 12.4. The van der Waals surface area contributed by atoms with Crippen LogP contribution in [0.25, 0.3) is 0 Å². The van der Waals surface area contributed by atoms with E-state index in [-0.39, 0.29) is 18.3 Å². The van der Waals surface area contributed by atoms with Crippen LogP contribution in [0.15, 0.2) is 22.7 Å². The first-order valence-corrected chi connectivity index (χ1v) is 7.29. The van der Waals surface area contributed by atoms with Gasteiger partial charge < -0.3 is 10.6 Å². The van der Waals surface area contributed by atoms with Crippen LogP contribution < -0.4 is 10.6 Å². The second kappa shape index (κ2) is 6.60. The van der Waals surface area contributed by atoms with Crippen LogP contribution in [0.4, 0.5) is 5.69 Å². The van der Waals surface area contributed by atoms with Gasteiger partial charge in [-0.2, -0.15) is 5.10 Å². The zero-order valence-corrected chi connectivity index (χ0v) is 13.9. The number of hydrogen-bond acceptors (Lipinski definition) is 3. The zero-order chi connectivity index (χ0) is 14.1. The molecule has 1 aliphatic rings. The Labute approximate surface area is 137 Å². The van der Waals surface area contributed by atoms with Crippen LogP contribution in [0.1, 0.15) is 27.3 Å². The highest BCUT2D eigenvalue weighted by Crippen LogP contribution is 2.22. The molecule has 1 aromatic carbocycles. The van der Waals surface area contributed by atoms with Crippen molar-refractivity contribution >= 4 is 39.9 Å². The lowest BCUT2D eigenvalue weighted by Crippen LogP contribution is -2.25. The molecule has 2 heterocycles. The van der Waals surface area contributed by atoms with Crippen molar-refractivity contribution in [1.29, 1.82) is 0 Å². The monoisotopic (exact) mass is 370 g/mol. The van der Waals surface area contributed by atoms with Crippen LogP contribution in [-0.2, 0) is 13.0 Å². The summed E-state index contributed by atoms with van der Waals surface area (Å²) in [6, 6.07) is 5.76. The molecule has 0 aliphatic carbocycles. The quantitative estimate of drug-likeness (QED) is 0.760. The number of nitrogens with zero attached hydrogens (tertiary/aromatic N) is 1. The van der Waals surface area contributed by atoms with Crippen molar-refractivity contribution in [2.45, 2.75) is 19.9 Å². The van der Waals surface area contributed by atoms with E-state index in [1.807, 2.05) is 25.1 Å². The van der Waals surface area contributed by atoms with E-state index in [2.05, 4.69) is 36.8 Å². The number of carbonyl (C=O) groups excluding carboxylic acids is 1. The van der Waals surface area contributed by atoms with Crippen molar-refractivity contribution in [2.24, 2.45) is 0 Å². The molecule has 0 atom stereocenters. The summed E-state index contributed by atoms with van der Waals surface area (Å²) in [4.78, 5) is 12.4. The average Bonchev–Trinajstić information content (AvgIpc) is 2.86. The number of aryl methyl sites for hydroxylation is 1. The molecular formula is C14H16BrClN4O. The summed E-state index contributed by atoms with van der Waals surface area (Å²) >= 11 is 3.41. The second-order valence-corrected chi connectivity index (χ2v) is 5.79. The summed E-state index contributed by atoms with van der Waals surface area (Å²) in [5.41, 5.74) is 4.33. The molecule has 0 spiro atoms. The van der Waals surface area contributed by atoms with Crippen molar-refractivity contribution < 1.29 is 4.79 Å². The fraction of sp³-hybridized carbons (Fsp3) is 0.286. The van der Waals surface area contributed by atoms with Gasteiger partial charge in [-0.25, -0.2) is 0 Å². The number of aromatic amines is 1. The Kier molecular flexibility index (Phi) is 5.03. The Morgan fingerprint density at radius 2 is 2.24 bits per heavy atom. The van der Waals surface area contributed by atoms with Gasteiger partial charge in [-0.1, -0.05) is 15.9 Å². The summed E-state index contributed by atoms with van der Waals surface area (Å²) in [5, 5.41) is 13.3. The topological polar surface area (TPSA) is 69.8 Å². The normalized spacial score (nSPS) is 13.2. The molecule has 0 unspecified atom stereocenters. The fourth-order valence-corrected chi connectivity index (χ4v) is 2.84. The van der Waals surface area contributed by atoms with Crippen LogP contribution in [0.3, 0.4) is 0 Å². The SMILES string of the molecule is Cc1cc(Br)ccc1NC(=O)c1n[nH]c2c1CNCC2.Cl. The standard InChI is InChI=1S/C14H15BrN4O.ClH/c1-8-6-9(15)2-3-11(8)17-14(20)13-10-7-16-5-4-12(10)18-19-13;/h2-3,6,16H,4-5,7H2,1H3,(H,17,20)(H,18,19);1H. The molecule has 7 heteroatoms. The van der Waals surface area contributed by atoms with E-state index in [9.17, 15) is 4.79 Å². The van der Waals surface area contributed by atoms with Gasteiger partial charge in [-0.15, -0.1) is 12.4 Å². The van der Waals surface area contributed by atoms with E-state index in [1.165, 1.54) is 0 Å². The maximum Gasteiger partial charge on any atom is 0.276 e. The predicted octanol–water partition coefficient (Wildman–Crippen LogP) is 2.80. The number of H-pyrrole nitrogens is 1. The highest BCUT2D eigenvalue weighted by Gasteiger charge is 2.21. The molecule has 5 nitrogen and oxygen atoms in total. The molecule has 0 saturated heterocycles. The lowest BCUT2D eigenvalue weighted by molar-refractivity contribution is 0.102. The van der Waals surface area contributed by atoms with E-state index in [1.54, 1.807) is 0 Å². The minimum atomic E-state index is -0.170. The highest BCUT2D eigenvalue weighted by atomic mass is 79.9. The van der Waals surface area contributed by atoms with E-state index in [0.29, 0.717) is 12.2 Å². The van der Waals surface area contributed by atoms with Gasteiger partial charge in [0, 0.05) is 40.9 Å². The molecule has 0 saturated carbocycles. The number of carbonyl (C=O) groups is 1. The number of aromatic nitrogens is 2. The number of anilines is 1. The number of hydrogen-bond donors (Lipinski definition) is 3. The van der Waals surface area contributed by atoms with Crippen molar-refractivity contribution in [3.05, 3.63) is 45.2 Å². The number of nitrogens with one attached hydrogen (secondary N) is 3. The van der Waals surface area contributed by atoms with Gasteiger partial charge in [0.2, 0.25) is 0 Å². The lowest BCUT2D eigenvalue weighted by atomic mass is 10.1. The number of benzene rings is 1. The zero-order valence-electron chi connectivity index (χ0n) is 11.5. The third kappa shape index (κ3) is 3.28. The fourth-order valence-electron chi connectivity index (χ4n) is 2.36. The van der Waals surface area contributed by atoms with Crippen LogP contribution in [0.5, 0.6) is 0 Å². The Morgan fingerprint density at radius 3 is 3.00 bits per heavy atom. The maximum absolute atomic E-state index is 12.4. The minimum absolute atomic E-state index is 0. The summed E-state index contributed by atoms with van der Waals surface area (Å²) in [5.74, 6) is -0.170. The average molecular weight is 372 g/mol. The first-order chi connectivity index (χ1) is 9.65. The minimum Gasteiger partial charge on any atom is -0.320 e. The lowest BCUT2D eigenvalue weighted by Gasteiger charge is -2.13. The van der Waals surface area contributed by atoms with E-state index < -0.39 is 0 Å². The first kappa shape index (κ1) is 16.0. The Balaban J connectivity index is 0.00000161. The summed E-state index contributed by atoms with van der Waals surface area (Å²) < 4.78 is 0.995. The molecule has 3 rings (SSSR count). The number of halogens is 2. The van der Waals surface area contributed by atoms with Crippen molar-refractivity contribution in [2.75, 3.05) is 11.9 Å². The van der Waals surface area contributed by atoms with Crippen molar-refractivity contribution in [3.8, 4) is 0 Å². The van der Waals surface area contributed by atoms with Crippen molar-refractivity contribution in [1.82, 2.24) is 15.5 Å². The van der Waals surface area contributed by atoms with E-state index in [0.717, 1.165) is 39.9 Å². The van der Waals surface area contributed by atoms with Gasteiger partial charge in [0.15, 0.2) is 5.69 Å². The first-order valence-electron chi connectivity index (χ1n) is 6.49. The molecule has 0 bridgehead atoms. The third-order valence-corrected chi connectivity index (χ3v) is 3.95. The predicted molar refractivity (Wildman–Crippen MR) is 88.1 cm³/mol. The molecule has 1 amide bonds. The molecule has 3 N–H and O–H groups in total. The van der Waals surface area contributed by atoms with Gasteiger partial charge in [0.1, 0.15) is 0 Å². The Hall–Kier alpha value is -1.37. The molecule has 1 aromatic heterocycles. The van der Waals surface area contributed by atoms with E-state index in [4.69, 9.17) is 0 Å². The molecular weight excluding hydrogens is 356 g/mol. The summed E-state index contributed by atoms with van der Waals surface area (Å²) in [6.45, 7) is 3.57.